The molecule has 0 saturated carbocycles. The van der Waals surface area contributed by atoms with Crippen molar-refractivity contribution in [1.29, 1.82) is 0 Å². The molecule has 0 spiro atoms. The molecule has 3 aromatic carbocycles. The van der Waals surface area contributed by atoms with E-state index < -0.39 is 7.82 Å². The summed E-state index contributed by atoms with van der Waals surface area (Å²) in [5, 5.41) is 0. The third-order valence-corrected chi connectivity index (χ3v) is 17.7. The van der Waals surface area contributed by atoms with Gasteiger partial charge in [0.25, 0.3) is 0 Å². The molecule has 0 N–H and O–H groups in total. The maximum absolute atomic E-state index is 15.4. The number of para-hydroxylation sites is 3. The van der Waals surface area contributed by atoms with Crippen LogP contribution in [0.1, 0.15) is 346 Å². The Morgan fingerprint density at radius 2 is 0.390 bits per heavy atom. The molecule has 5 heteroatoms. The van der Waals surface area contributed by atoms with Crippen molar-refractivity contribution < 1.29 is 18.1 Å². The molecule has 77 heavy (non-hydrogen) atoms. The third-order valence-electron chi connectivity index (χ3n) is 16.4. The molecule has 0 aliphatic carbocycles. The predicted octanol–water partition coefficient (Wildman–Crippen LogP) is 25.7. The standard InChI is InChI=1S/C72H123O4P/c1-4-7-10-13-16-19-22-25-28-31-34-37-40-43-46-49-58-67-61-52-55-64-70(67)74-77(73,75-71-65-56-53-62-68(71)59-50-47-44-41-38-35-32-29-26-23-20-17-14-11-8-5-2)76-72-66-57-54-63-69(72)60-51-48-45-42-39-36-33-30-27-24-21-18-15-12-9-6-3/h52-57,61-66H,4-51,58-60H2,1-3H3. The van der Waals surface area contributed by atoms with Gasteiger partial charge in [0.15, 0.2) is 0 Å². The van der Waals surface area contributed by atoms with Crippen molar-refractivity contribution >= 4 is 7.82 Å². The molecule has 0 heterocycles. The van der Waals surface area contributed by atoms with Crippen molar-refractivity contribution in [3.05, 3.63) is 89.5 Å². The summed E-state index contributed by atoms with van der Waals surface area (Å²) in [7, 11) is -4.19. The van der Waals surface area contributed by atoms with E-state index in [9.17, 15) is 0 Å². The van der Waals surface area contributed by atoms with Crippen LogP contribution in [0.3, 0.4) is 0 Å². The first-order valence-electron chi connectivity index (χ1n) is 34.0. The van der Waals surface area contributed by atoms with Crippen LogP contribution in [0.15, 0.2) is 72.8 Å². The molecule has 0 saturated heterocycles. The molecule has 0 aromatic heterocycles. The second kappa shape index (κ2) is 50.3. The molecule has 0 bridgehead atoms. The van der Waals surface area contributed by atoms with Gasteiger partial charge in [0, 0.05) is 0 Å². The van der Waals surface area contributed by atoms with E-state index in [0.29, 0.717) is 17.2 Å². The second-order valence-corrected chi connectivity index (χ2v) is 25.1. The quantitative estimate of drug-likeness (QED) is 0.0417. The summed E-state index contributed by atoms with van der Waals surface area (Å²) in [6, 6.07) is 24.4. The van der Waals surface area contributed by atoms with E-state index in [1.807, 2.05) is 36.4 Å². The molecule has 0 fully saturated rings. The lowest BCUT2D eigenvalue weighted by molar-refractivity contribution is 0.295. The first-order chi connectivity index (χ1) is 38.1. The van der Waals surface area contributed by atoms with E-state index in [0.717, 1.165) is 55.2 Å². The maximum atomic E-state index is 15.4. The van der Waals surface area contributed by atoms with Crippen LogP contribution in [0.5, 0.6) is 17.2 Å². The Bertz CT molecular complexity index is 1590. The molecule has 4 nitrogen and oxygen atoms in total. The van der Waals surface area contributed by atoms with Crippen molar-refractivity contribution in [2.75, 3.05) is 0 Å². The summed E-state index contributed by atoms with van der Waals surface area (Å²) in [6.07, 6.45) is 67.5. The van der Waals surface area contributed by atoms with Gasteiger partial charge in [-0.05, 0) is 73.4 Å². The number of hydrogen-bond acceptors (Lipinski definition) is 4. The lowest BCUT2D eigenvalue weighted by atomic mass is 10.0. The van der Waals surface area contributed by atoms with Gasteiger partial charge in [-0.25, -0.2) is 0 Å². The Morgan fingerprint density at radius 3 is 0.571 bits per heavy atom. The molecular formula is C72H123O4P. The van der Waals surface area contributed by atoms with Crippen LogP contribution in [0, 0.1) is 0 Å². The minimum absolute atomic E-state index is 0.599. The van der Waals surface area contributed by atoms with Crippen molar-refractivity contribution in [1.82, 2.24) is 0 Å². The number of phosphoric acid groups is 1. The highest BCUT2D eigenvalue weighted by molar-refractivity contribution is 7.49. The Hall–Kier alpha value is -2.71. The molecule has 0 atom stereocenters. The van der Waals surface area contributed by atoms with Gasteiger partial charge in [-0.1, -0.05) is 364 Å². The maximum Gasteiger partial charge on any atom is 0.647 e. The fraction of sp³-hybridized carbons (Fsp3) is 0.750. The van der Waals surface area contributed by atoms with Crippen LogP contribution in [0.2, 0.25) is 0 Å². The molecule has 0 unspecified atom stereocenters. The molecule has 440 valence electrons. The van der Waals surface area contributed by atoms with Gasteiger partial charge < -0.3 is 13.6 Å². The van der Waals surface area contributed by atoms with Crippen LogP contribution in [0.25, 0.3) is 0 Å². The first-order valence-corrected chi connectivity index (χ1v) is 35.5. The summed E-state index contributed by atoms with van der Waals surface area (Å²) in [5.41, 5.74) is 3.19. The molecule has 0 aliphatic rings. The van der Waals surface area contributed by atoms with Crippen molar-refractivity contribution in [2.45, 2.75) is 348 Å². The zero-order chi connectivity index (χ0) is 54.6. The SMILES string of the molecule is CCCCCCCCCCCCCCCCCCc1ccccc1OP(=O)(Oc1ccccc1CCCCCCCCCCCCCCCCCC)Oc1ccccc1CCCCCCCCCCCCCCCCCC. The average Bonchev–Trinajstić information content (AvgIpc) is 3.44. The molecule has 0 radical (unpaired) electrons. The van der Waals surface area contributed by atoms with Gasteiger partial charge in [-0.15, -0.1) is 0 Å². The van der Waals surface area contributed by atoms with E-state index >= 15 is 4.57 Å². The van der Waals surface area contributed by atoms with Crippen molar-refractivity contribution in [3.8, 4) is 17.2 Å². The van der Waals surface area contributed by atoms with Crippen LogP contribution >= 0.6 is 7.82 Å². The Labute approximate surface area is 478 Å². The summed E-state index contributed by atoms with van der Waals surface area (Å²) in [5.74, 6) is 1.80. The highest BCUT2D eigenvalue weighted by Crippen LogP contribution is 2.52. The molecule has 0 aliphatic heterocycles. The number of hydrogen-bond donors (Lipinski definition) is 0. The molecular weight excluding hydrogens is 960 g/mol. The second-order valence-electron chi connectivity index (χ2n) is 23.7. The normalized spacial score (nSPS) is 11.7. The lowest BCUT2D eigenvalue weighted by Crippen LogP contribution is -2.10. The van der Waals surface area contributed by atoms with E-state index in [1.165, 1.54) is 289 Å². The summed E-state index contributed by atoms with van der Waals surface area (Å²) < 4.78 is 35.2. The highest BCUT2D eigenvalue weighted by atomic mass is 31.2. The van der Waals surface area contributed by atoms with Gasteiger partial charge >= 0.3 is 7.82 Å². The molecule has 3 aromatic rings. The summed E-state index contributed by atoms with van der Waals surface area (Å²) in [6.45, 7) is 6.90. The largest absolute Gasteiger partial charge is 0.647 e. The lowest BCUT2D eigenvalue weighted by Gasteiger charge is -2.23. The fourth-order valence-corrected chi connectivity index (χ4v) is 12.8. The Balaban J connectivity index is 1.51. The Morgan fingerprint density at radius 1 is 0.234 bits per heavy atom. The van der Waals surface area contributed by atoms with Gasteiger partial charge in [-0.3, -0.25) is 0 Å². The van der Waals surface area contributed by atoms with Gasteiger partial charge in [0.05, 0.1) is 0 Å². The number of unbranched alkanes of at least 4 members (excludes halogenated alkanes) is 45. The van der Waals surface area contributed by atoms with Crippen LogP contribution in [-0.4, -0.2) is 0 Å². The van der Waals surface area contributed by atoms with E-state index in [4.69, 9.17) is 13.6 Å². The van der Waals surface area contributed by atoms with Crippen LogP contribution in [0.4, 0.5) is 0 Å². The van der Waals surface area contributed by atoms with Crippen LogP contribution < -0.4 is 13.6 Å². The number of phosphoric ester groups is 1. The van der Waals surface area contributed by atoms with E-state index in [1.54, 1.807) is 0 Å². The average molecular weight is 1080 g/mol. The van der Waals surface area contributed by atoms with Crippen molar-refractivity contribution in [3.63, 3.8) is 0 Å². The third kappa shape index (κ3) is 37.8. The number of rotatable bonds is 57. The molecule has 3 rings (SSSR count). The smallest absolute Gasteiger partial charge is 0.386 e. The molecule has 0 amide bonds. The summed E-state index contributed by atoms with van der Waals surface area (Å²) in [4.78, 5) is 0. The fourth-order valence-electron chi connectivity index (χ4n) is 11.4. The number of benzene rings is 3. The Kier molecular flexibility index (Phi) is 44.8. The summed E-state index contributed by atoms with van der Waals surface area (Å²) >= 11 is 0. The zero-order valence-corrected chi connectivity index (χ0v) is 52.0. The minimum atomic E-state index is -4.19. The van der Waals surface area contributed by atoms with Gasteiger partial charge in [0.2, 0.25) is 0 Å². The monoisotopic (exact) mass is 1080 g/mol. The van der Waals surface area contributed by atoms with E-state index in [2.05, 4.69) is 57.2 Å². The van der Waals surface area contributed by atoms with Gasteiger partial charge in [-0.2, -0.15) is 4.57 Å². The minimum Gasteiger partial charge on any atom is -0.386 e. The van der Waals surface area contributed by atoms with E-state index in [-0.39, 0.29) is 0 Å². The zero-order valence-electron chi connectivity index (χ0n) is 51.1. The first kappa shape index (κ1) is 68.6. The van der Waals surface area contributed by atoms with Crippen LogP contribution in [-0.2, 0) is 23.8 Å². The topological polar surface area (TPSA) is 44.8 Å². The van der Waals surface area contributed by atoms with Crippen molar-refractivity contribution in [2.24, 2.45) is 0 Å². The van der Waals surface area contributed by atoms with Gasteiger partial charge in [0.1, 0.15) is 17.2 Å². The highest BCUT2D eigenvalue weighted by Gasteiger charge is 2.35. The number of aryl methyl sites for hydroxylation is 3. The predicted molar refractivity (Wildman–Crippen MR) is 339 cm³/mol.